The molecule has 0 spiro atoms. The second kappa shape index (κ2) is 7.61. The van der Waals surface area contributed by atoms with Crippen molar-refractivity contribution in [2.45, 2.75) is 19.4 Å². The number of imidazole rings is 1. The molecule has 0 aromatic carbocycles. The molecule has 2 heterocycles. The van der Waals surface area contributed by atoms with Gasteiger partial charge in [-0.1, -0.05) is 11.6 Å². The molecule has 0 saturated carbocycles. The number of nitrogen functional groups attached to an aromatic ring is 1. The molecule has 7 nitrogen and oxygen atoms in total. The summed E-state index contributed by atoms with van der Waals surface area (Å²) in [6.07, 6.45) is 7.28. The Balaban J connectivity index is 1.75. The number of aryl methyl sites for hydroxylation is 1. The van der Waals surface area contributed by atoms with Crippen LogP contribution in [0.1, 0.15) is 23.2 Å². The fraction of sp³-hybridized carbons (Fsp3) is 0.308. The van der Waals surface area contributed by atoms with E-state index in [4.69, 9.17) is 17.4 Å². The molecule has 2 rings (SSSR count). The number of nitrogens with zero attached hydrogens (tertiary/aromatic N) is 3. The minimum absolute atomic E-state index is 0.196. The van der Waals surface area contributed by atoms with Crippen LogP contribution in [0.5, 0.6) is 0 Å². The summed E-state index contributed by atoms with van der Waals surface area (Å²) in [5.74, 6) is 5.42. The zero-order valence-electron chi connectivity index (χ0n) is 11.4. The van der Waals surface area contributed by atoms with Crippen LogP contribution in [-0.4, -0.2) is 27.0 Å². The highest BCUT2D eigenvalue weighted by atomic mass is 35.5. The number of halogens is 1. The molecule has 112 valence electrons. The summed E-state index contributed by atoms with van der Waals surface area (Å²) in [7, 11) is 0. The molecule has 0 radical (unpaired) electrons. The number of amides is 1. The first-order valence-electron chi connectivity index (χ1n) is 6.57. The van der Waals surface area contributed by atoms with Gasteiger partial charge < -0.3 is 15.3 Å². The van der Waals surface area contributed by atoms with E-state index >= 15 is 0 Å². The largest absolute Gasteiger partial charge is 0.352 e. The Labute approximate surface area is 127 Å². The van der Waals surface area contributed by atoms with Gasteiger partial charge in [0, 0.05) is 31.0 Å². The van der Waals surface area contributed by atoms with Gasteiger partial charge in [-0.25, -0.2) is 15.8 Å². The third kappa shape index (κ3) is 4.73. The molecule has 1 amide bonds. The number of hydrazine groups is 1. The first-order valence-corrected chi connectivity index (χ1v) is 6.95. The van der Waals surface area contributed by atoms with Crippen LogP contribution >= 0.6 is 11.6 Å². The van der Waals surface area contributed by atoms with E-state index in [9.17, 15) is 4.79 Å². The fourth-order valence-corrected chi connectivity index (χ4v) is 2.05. The number of nitrogens with two attached hydrogens (primary N) is 1. The van der Waals surface area contributed by atoms with Gasteiger partial charge in [0.1, 0.15) is 11.0 Å². The minimum Gasteiger partial charge on any atom is -0.352 e. The molecule has 21 heavy (non-hydrogen) atoms. The number of unbranched alkanes of at least 4 members (excludes halogenated alkanes) is 1. The summed E-state index contributed by atoms with van der Waals surface area (Å²) in [5, 5.41) is 3.06. The molecule has 0 bridgehead atoms. The van der Waals surface area contributed by atoms with E-state index in [0.717, 1.165) is 19.4 Å². The van der Waals surface area contributed by atoms with Crippen molar-refractivity contribution in [3.8, 4) is 0 Å². The Hall–Kier alpha value is -2.12. The average Bonchev–Trinajstić information content (AvgIpc) is 2.99. The first kappa shape index (κ1) is 15.3. The predicted molar refractivity (Wildman–Crippen MR) is 80.9 cm³/mol. The minimum atomic E-state index is -0.196. The normalized spacial score (nSPS) is 10.4. The Bertz CT molecular complexity index is 586. The molecule has 8 heteroatoms. The van der Waals surface area contributed by atoms with Crippen LogP contribution in [0.15, 0.2) is 30.9 Å². The van der Waals surface area contributed by atoms with Gasteiger partial charge in [-0.2, -0.15) is 0 Å². The lowest BCUT2D eigenvalue weighted by molar-refractivity contribution is 0.0953. The van der Waals surface area contributed by atoms with Gasteiger partial charge in [-0.3, -0.25) is 4.79 Å². The first-order chi connectivity index (χ1) is 10.2. The van der Waals surface area contributed by atoms with Crippen LogP contribution in [0.4, 0.5) is 5.82 Å². The highest BCUT2D eigenvalue weighted by molar-refractivity contribution is 6.29. The molecule has 2 aromatic rings. The summed E-state index contributed by atoms with van der Waals surface area (Å²) in [5.41, 5.74) is 2.80. The summed E-state index contributed by atoms with van der Waals surface area (Å²) < 4.78 is 2.00. The van der Waals surface area contributed by atoms with Crippen molar-refractivity contribution >= 4 is 23.3 Å². The SMILES string of the molecule is NNc1cc(C(=O)NCCCCn2ccnc2)cc(Cl)n1. The number of carbonyl (C=O) groups excluding carboxylic acids is 1. The van der Waals surface area contributed by atoms with Crippen LogP contribution in [0.25, 0.3) is 0 Å². The Kier molecular flexibility index (Phi) is 5.53. The maximum Gasteiger partial charge on any atom is 0.251 e. The van der Waals surface area contributed by atoms with Gasteiger partial charge in [0.05, 0.1) is 6.33 Å². The van der Waals surface area contributed by atoms with E-state index in [0.29, 0.717) is 17.9 Å². The van der Waals surface area contributed by atoms with Crippen molar-refractivity contribution < 1.29 is 4.79 Å². The number of hydrogen-bond donors (Lipinski definition) is 3. The van der Waals surface area contributed by atoms with Gasteiger partial charge >= 0.3 is 0 Å². The van der Waals surface area contributed by atoms with Crippen molar-refractivity contribution in [2.24, 2.45) is 5.84 Å². The second-order valence-corrected chi connectivity index (χ2v) is 4.86. The summed E-state index contributed by atoms with van der Waals surface area (Å²) >= 11 is 5.82. The van der Waals surface area contributed by atoms with Gasteiger partial charge in [0.2, 0.25) is 0 Å². The zero-order chi connectivity index (χ0) is 15.1. The van der Waals surface area contributed by atoms with Crippen molar-refractivity contribution in [1.82, 2.24) is 19.9 Å². The lowest BCUT2D eigenvalue weighted by Gasteiger charge is -2.07. The molecule has 4 N–H and O–H groups in total. The van der Waals surface area contributed by atoms with Crippen LogP contribution in [-0.2, 0) is 6.54 Å². The second-order valence-electron chi connectivity index (χ2n) is 4.47. The number of carbonyl (C=O) groups is 1. The highest BCUT2D eigenvalue weighted by Crippen LogP contribution is 2.13. The van der Waals surface area contributed by atoms with E-state index < -0.39 is 0 Å². The highest BCUT2D eigenvalue weighted by Gasteiger charge is 2.08. The molecule has 0 atom stereocenters. The molecule has 0 aliphatic carbocycles. The standard InChI is InChI=1S/C13H17ClN6O/c14-11-7-10(8-12(18-11)19-15)13(21)17-3-1-2-5-20-6-4-16-9-20/h4,6-9H,1-3,5,15H2,(H,17,21)(H,18,19). The van der Waals surface area contributed by atoms with Gasteiger partial charge in [-0.05, 0) is 25.0 Å². The van der Waals surface area contributed by atoms with Gasteiger partial charge in [-0.15, -0.1) is 0 Å². The quantitative estimate of drug-likeness (QED) is 0.311. The van der Waals surface area contributed by atoms with Gasteiger partial charge in [0.25, 0.3) is 5.91 Å². The maximum absolute atomic E-state index is 12.0. The Morgan fingerprint density at radius 1 is 1.38 bits per heavy atom. The molecule has 0 fully saturated rings. The van der Waals surface area contributed by atoms with Crippen LogP contribution in [0.3, 0.4) is 0 Å². The number of nitrogens with one attached hydrogen (secondary N) is 2. The average molecular weight is 309 g/mol. The van der Waals surface area contributed by atoms with Crippen LogP contribution < -0.4 is 16.6 Å². The lowest BCUT2D eigenvalue weighted by atomic mass is 10.2. The van der Waals surface area contributed by atoms with E-state index in [1.165, 1.54) is 6.07 Å². The molecule has 0 aliphatic heterocycles. The third-order valence-corrected chi connectivity index (χ3v) is 3.09. The molecule has 0 aliphatic rings. The van der Waals surface area contributed by atoms with Crippen molar-refractivity contribution in [2.75, 3.05) is 12.0 Å². The number of aromatic nitrogens is 3. The number of anilines is 1. The van der Waals surface area contributed by atoms with E-state index in [1.54, 1.807) is 18.6 Å². The van der Waals surface area contributed by atoms with E-state index in [-0.39, 0.29) is 11.1 Å². The molecular formula is C13H17ClN6O. The number of rotatable bonds is 7. The Morgan fingerprint density at radius 3 is 2.95 bits per heavy atom. The third-order valence-electron chi connectivity index (χ3n) is 2.89. The van der Waals surface area contributed by atoms with E-state index in [1.807, 2.05) is 10.8 Å². The fourth-order valence-electron chi connectivity index (χ4n) is 1.84. The molecule has 0 unspecified atom stereocenters. The molecule has 2 aromatic heterocycles. The predicted octanol–water partition coefficient (Wildman–Crippen LogP) is 1.43. The van der Waals surface area contributed by atoms with E-state index in [2.05, 4.69) is 20.7 Å². The van der Waals surface area contributed by atoms with Crippen LogP contribution in [0.2, 0.25) is 5.15 Å². The topological polar surface area (TPSA) is 97.9 Å². The summed E-state index contributed by atoms with van der Waals surface area (Å²) in [6.45, 7) is 1.48. The van der Waals surface area contributed by atoms with Crippen molar-refractivity contribution in [3.05, 3.63) is 41.6 Å². The summed E-state index contributed by atoms with van der Waals surface area (Å²) in [6, 6.07) is 3.05. The monoisotopic (exact) mass is 308 g/mol. The zero-order valence-corrected chi connectivity index (χ0v) is 12.2. The maximum atomic E-state index is 12.0. The van der Waals surface area contributed by atoms with Crippen LogP contribution in [0, 0.1) is 0 Å². The lowest BCUT2D eigenvalue weighted by Crippen LogP contribution is -2.25. The number of hydrogen-bond acceptors (Lipinski definition) is 5. The number of pyridine rings is 1. The smallest absolute Gasteiger partial charge is 0.251 e. The molecule has 0 saturated heterocycles. The van der Waals surface area contributed by atoms with Crippen molar-refractivity contribution in [3.63, 3.8) is 0 Å². The molecular weight excluding hydrogens is 292 g/mol. The van der Waals surface area contributed by atoms with Gasteiger partial charge in [0.15, 0.2) is 0 Å². The summed E-state index contributed by atoms with van der Waals surface area (Å²) in [4.78, 5) is 19.9. The Morgan fingerprint density at radius 2 is 2.24 bits per heavy atom. The van der Waals surface area contributed by atoms with Crippen molar-refractivity contribution in [1.29, 1.82) is 0 Å².